The van der Waals surface area contributed by atoms with E-state index in [4.69, 9.17) is 10.7 Å². The van der Waals surface area contributed by atoms with Crippen molar-refractivity contribution in [2.75, 3.05) is 19.3 Å². The van der Waals surface area contributed by atoms with E-state index in [1.165, 1.54) is 23.3 Å². The van der Waals surface area contributed by atoms with Gasteiger partial charge in [-0.05, 0) is 51.1 Å². The van der Waals surface area contributed by atoms with Gasteiger partial charge in [-0.1, -0.05) is 12.8 Å². The molecule has 0 aliphatic heterocycles. The molecule has 0 amide bonds. The average molecular weight is 347 g/mol. The summed E-state index contributed by atoms with van der Waals surface area (Å²) in [6.45, 7) is 1.31. The van der Waals surface area contributed by atoms with Crippen LogP contribution >= 0.6 is 11.3 Å². The van der Waals surface area contributed by atoms with Gasteiger partial charge in [-0.2, -0.15) is 0 Å². The molecule has 4 rings (SSSR count). The van der Waals surface area contributed by atoms with Crippen molar-refractivity contribution in [3.63, 3.8) is 0 Å². The van der Waals surface area contributed by atoms with Crippen molar-refractivity contribution in [1.82, 2.24) is 14.9 Å². The Bertz CT molecular complexity index is 751. The summed E-state index contributed by atoms with van der Waals surface area (Å²) in [5.74, 6) is 1.39. The number of hydrogen-bond acceptors (Lipinski definition) is 6. The van der Waals surface area contributed by atoms with Gasteiger partial charge in [-0.15, -0.1) is 11.3 Å². The van der Waals surface area contributed by atoms with Gasteiger partial charge in [-0.25, -0.2) is 9.97 Å². The number of hydrogen-bond donors (Lipinski definition) is 2. The van der Waals surface area contributed by atoms with Crippen LogP contribution in [0.25, 0.3) is 10.2 Å². The van der Waals surface area contributed by atoms with E-state index < -0.39 is 5.60 Å². The molecule has 24 heavy (non-hydrogen) atoms. The van der Waals surface area contributed by atoms with Gasteiger partial charge < -0.3 is 10.8 Å². The van der Waals surface area contributed by atoms with Crippen LogP contribution in [0.1, 0.15) is 54.8 Å². The summed E-state index contributed by atoms with van der Waals surface area (Å²) in [6, 6.07) is 0. The molecule has 0 saturated heterocycles. The Labute approximate surface area is 146 Å². The second-order valence-electron chi connectivity index (χ2n) is 7.52. The van der Waals surface area contributed by atoms with Gasteiger partial charge in [0.15, 0.2) is 0 Å². The summed E-state index contributed by atoms with van der Waals surface area (Å²) in [4.78, 5) is 14.0. The van der Waals surface area contributed by atoms with Crippen LogP contribution in [0, 0.1) is 0 Å². The number of aliphatic hydroxyl groups is 1. The van der Waals surface area contributed by atoms with E-state index in [9.17, 15) is 5.11 Å². The van der Waals surface area contributed by atoms with E-state index in [1.54, 1.807) is 11.3 Å². The van der Waals surface area contributed by atoms with Crippen molar-refractivity contribution in [3.05, 3.63) is 16.3 Å². The van der Waals surface area contributed by atoms with Gasteiger partial charge in [0, 0.05) is 11.4 Å². The quantitative estimate of drug-likeness (QED) is 0.890. The monoisotopic (exact) mass is 346 g/mol. The Morgan fingerprint density at radius 3 is 2.71 bits per heavy atom. The van der Waals surface area contributed by atoms with Gasteiger partial charge in [0.2, 0.25) is 0 Å². The van der Waals surface area contributed by atoms with E-state index in [1.807, 2.05) is 7.05 Å². The molecule has 2 aromatic rings. The second kappa shape index (κ2) is 6.24. The first-order chi connectivity index (χ1) is 11.5. The fraction of sp³-hybridized carbons (Fsp3) is 0.667. The summed E-state index contributed by atoms with van der Waals surface area (Å²) in [7, 11) is 2.03. The highest BCUT2D eigenvalue weighted by molar-refractivity contribution is 7.19. The minimum atomic E-state index is -0.535. The van der Waals surface area contributed by atoms with Crippen molar-refractivity contribution < 1.29 is 5.11 Å². The summed E-state index contributed by atoms with van der Waals surface area (Å²) in [5.41, 5.74) is 7.13. The smallest absolute Gasteiger partial charge is 0.146 e. The maximum Gasteiger partial charge on any atom is 0.146 e. The second-order valence-corrected chi connectivity index (χ2v) is 8.60. The van der Waals surface area contributed by atoms with Crippen LogP contribution in [-0.4, -0.2) is 39.2 Å². The van der Waals surface area contributed by atoms with Crippen molar-refractivity contribution in [3.8, 4) is 0 Å². The lowest BCUT2D eigenvalue weighted by Gasteiger charge is -2.28. The van der Waals surface area contributed by atoms with Crippen LogP contribution in [0.5, 0.6) is 0 Å². The van der Waals surface area contributed by atoms with Gasteiger partial charge in [0.05, 0.1) is 17.5 Å². The number of aromatic nitrogens is 2. The molecule has 130 valence electrons. The first-order valence-electron chi connectivity index (χ1n) is 9.02. The van der Waals surface area contributed by atoms with Crippen LogP contribution in [0.4, 0.5) is 5.82 Å². The first kappa shape index (κ1) is 16.2. The standard InChI is InChI=1S/C18H26N4OS/c1-22(11-18(23)8-4-5-9-18)10-14-20-16(19)15-12-6-2-3-7-13(12)24-17(15)21-14/h23H,2-11H2,1H3,(H2,19,20,21). The molecule has 0 aromatic carbocycles. The number of nitrogen functional groups attached to an aromatic ring is 1. The zero-order valence-corrected chi connectivity index (χ0v) is 15.2. The fourth-order valence-corrected chi connectivity index (χ4v) is 5.58. The Kier molecular flexibility index (Phi) is 4.22. The molecule has 0 bridgehead atoms. The Morgan fingerprint density at radius 2 is 1.92 bits per heavy atom. The van der Waals surface area contributed by atoms with Crippen molar-refractivity contribution in [2.45, 2.75) is 63.5 Å². The molecule has 6 heteroatoms. The van der Waals surface area contributed by atoms with Gasteiger partial charge in [0.1, 0.15) is 16.5 Å². The SMILES string of the molecule is CN(Cc1nc(N)c2c3c(sc2n1)CCCC3)CC1(O)CCCC1. The maximum absolute atomic E-state index is 10.6. The summed E-state index contributed by atoms with van der Waals surface area (Å²) in [5, 5.41) is 11.7. The fourth-order valence-electron chi connectivity index (χ4n) is 4.29. The minimum Gasteiger partial charge on any atom is -0.389 e. The molecule has 0 unspecified atom stereocenters. The van der Waals surface area contributed by atoms with Gasteiger partial charge >= 0.3 is 0 Å². The zero-order chi connectivity index (χ0) is 16.7. The number of aryl methyl sites for hydroxylation is 2. The maximum atomic E-state index is 10.6. The molecule has 3 N–H and O–H groups in total. The van der Waals surface area contributed by atoms with Crippen LogP contribution in [0.3, 0.4) is 0 Å². The summed E-state index contributed by atoms with van der Waals surface area (Å²) >= 11 is 1.79. The largest absolute Gasteiger partial charge is 0.389 e. The summed E-state index contributed by atoms with van der Waals surface area (Å²) in [6.07, 6.45) is 8.81. The summed E-state index contributed by atoms with van der Waals surface area (Å²) < 4.78 is 0. The Hall–Kier alpha value is -1.24. The van der Waals surface area contributed by atoms with Gasteiger partial charge in [0.25, 0.3) is 0 Å². The molecule has 5 nitrogen and oxygen atoms in total. The minimum absolute atomic E-state index is 0.535. The number of nitrogens with zero attached hydrogens (tertiary/aromatic N) is 3. The molecule has 1 fully saturated rings. The van der Waals surface area contributed by atoms with Crippen LogP contribution in [0.2, 0.25) is 0 Å². The lowest BCUT2D eigenvalue weighted by molar-refractivity contribution is 0.0140. The average Bonchev–Trinajstić information content (AvgIpc) is 3.10. The van der Waals surface area contributed by atoms with Crippen molar-refractivity contribution >= 4 is 27.4 Å². The predicted molar refractivity (Wildman–Crippen MR) is 98.2 cm³/mol. The molecule has 0 radical (unpaired) electrons. The van der Waals surface area contributed by atoms with Crippen molar-refractivity contribution in [2.24, 2.45) is 0 Å². The van der Waals surface area contributed by atoms with Crippen molar-refractivity contribution in [1.29, 1.82) is 0 Å². The molecule has 2 aliphatic carbocycles. The molecular weight excluding hydrogens is 320 g/mol. The van der Waals surface area contributed by atoms with E-state index in [2.05, 4.69) is 9.88 Å². The number of nitrogens with two attached hydrogens (primary N) is 1. The normalized spacial score (nSPS) is 20.0. The molecular formula is C18H26N4OS. The molecule has 0 spiro atoms. The van der Waals surface area contributed by atoms with Crippen LogP contribution in [-0.2, 0) is 19.4 Å². The third-order valence-electron chi connectivity index (χ3n) is 5.40. The number of rotatable bonds is 4. The van der Waals surface area contributed by atoms with E-state index in [0.29, 0.717) is 18.9 Å². The lowest BCUT2D eigenvalue weighted by Crippen LogP contribution is -2.39. The highest BCUT2D eigenvalue weighted by Gasteiger charge is 2.32. The van der Waals surface area contributed by atoms with Crippen LogP contribution in [0.15, 0.2) is 0 Å². The Balaban J connectivity index is 1.56. The van der Waals surface area contributed by atoms with E-state index in [-0.39, 0.29) is 0 Å². The first-order valence-corrected chi connectivity index (χ1v) is 9.83. The predicted octanol–water partition coefficient (Wildman–Crippen LogP) is 2.89. The molecule has 2 aromatic heterocycles. The van der Waals surface area contributed by atoms with E-state index >= 15 is 0 Å². The molecule has 2 aliphatic rings. The molecule has 0 atom stereocenters. The number of anilines is 1. The van der Waals surface area contributed by atoms with E-state index in [0.717, 1.165) is 54.6 Å². The lowest BCUT2D eigenvalue weighted by atomic mass is 9.97. The van der Waals surface area contributed by atoms with Crippen LogP contribution < -0.4 is 5.73 Å². The zero-order valence-electron chi connectivity index (χ0n) is 14.3. The third-order valence-corrected chi connectivity index (χ3v) is 6.58. The van der Waals surface area contributed by atoms with Gasteiger partial charge in [-0.3, -0.25) is 4.90 Å². The Morgan fingerprint density at radius 1 is 1.17 bits per heavy atom. The number of likely N-dealkylation sites (N-methyl/N-ethyl adjacent to an activating group) is 1. The number of fused-ring (bicyclic) bond motifs is 3. The number of thiophene rings is 1. The highest BCUT2D eigenvalue weighted by Crippen LogP contribution is 2.37. The molecule has 2 heterocycles. The molecule has 1 saturated carbocycles. The topological polar surface area (TPSA) is 75.3 Å². The third kappa shape index (κ3) is 3.03. The highest BCUT2D eigenvalue weighted by atomic mass is 32.1.